The highest BCUT2D eigenvalue weighted by Gasteiger charge is 2.25. The van der Waals surface area contributed by atoms with E-state index in [1.54, 1.807) is 0 Å². The largest absolute Gasteiger partial charge is 0.368 e. The van der Waals surface area contributed by atoms with Gasteiger partial charge in [-0.3, -0.25) is 9.59 Å². The van der Waals surface area contributed by atoms with E-state index in [1.165, 1.54) is 16.8 Å². The van der Waals surface area contributed by atoms with Crippen molar-refractivity contribution in [1.29, 1.82) is 0 Å². The number of benzene rings is 3. The molecule has 37 heavy (non-hydrogen) atoms. The number of anilines is 2. The Morgan fingerprint density at radius 1 is 0.892 bits per heavy atom. The molecular formula is C31H32N4O2. The molecule has 6 nitrogen and oxygen atoms in total. The van der Waals surface area contributed by atoms with Gasteiger partial charge in [0.1, 0.15) is 0 Å². The van der Waals surface area contributed by atoms with Crippen LogP contribution in [0.4, 0.5) is 11.4 Å². The maximum atomic E-state index is 13.8. The minimum atomic E-state index is -0.0258. The van der Waals surface area contributed by atoms with Crippen LogP contribution in [0.15, 0.2) is 72.8 Å². The number of pyridine rings is 1. The summed E-state index contributed by atoms with van der Waals surface area (Å²) in [5, 5.41) is 3.73. The second kappa shape index (κ2) is 10.4. The summed E-state index contributed by atoms with van der Waals surface area (Å²) in [5.74, 6) is 0.00872. The summed E-state index contributed by atoms with van der Waals surface area (Å²) in [6, 6.07) is 23.7. The van der Waals surface area contributed by atoms with Crippen LogP contribution in [-0.2, 0) is 4.79 Å². The van der Waals surface area contributed by atoms with Gasteiger partial charge in [-0.25, -0.2) is 4.98 Å². The van der Waals surface area contributed by atoms with E-state index in [1.807, 2.05) is 66.4 Å². The van der Waals surface area contributed by atoms with Gasteiger partial charge in [-0.2, -0.15) is 0 Å². The highest BCUT2D eigenvalue weighted by molar-refractivity contribution is 6.07. The first kappa shape index (κ1) is 24.5. The lowest BCUT2D eigenvalue weighted by Crippen LogP contribution is -2.49. The van der Waals surface area contributed by atoms with Crippen LogP contribution >= 0.6 is 0 Å². The van der Waals surface area contributed by atoms with Gasteiger partial charge in [0.25, 0.3) is 5.91 Å². The molecule has 1 fully saturated rings. The van der Waals surface area contributed by atoms with Crippen molar-refractivity contribution in [3.63, 3.8) is 0 Å². The molecular weight excluding hydrogens is 460 g/mol. The standard InChI is InChI=1S/C31H32N4O2/c1-4-30(36)32-24-14-12-23(13-15-24)28-20-26(25-9-5-6-10-27(25)33-28)31(37)35-18-16-34(17-19-35)29-11-7-8-21(2)22(29)3/h5-15,20H,4,16-19H2,1-3H3,(H,32,36). The topological polar surface area (TPSA) is 65.5 Å². The average Bonchev–Trinajstić information content (AvgIpc) is 2.94. The number of hydrogen-bond donors (Lipinski definition) is 1. The summed E-state index contributed by atoms with van der Waals surface area (Å²) in [7, 11) is 0. The monoisotopic (exact) mass is 492 g/mol. The zero-order valence-corrected chi connectivity index (χ0v) is 21.6. The van der Waals surface area contributed by atoms with E-state index >= 15 is 0 Å². The molecule has 6 heteroatoms. The van der Waals surface area contributed by atoms with E-state index in [0.29, 0.717) is 25.1 Å². The molecule has 3 aromatic carbocycles. The third-order valence-electron chi connectivity index (χ3n) is 7.22. The highest BCUT2D eigenvalue weighted by Crippen LogP contribution is 2.28. The summed E-state index contributed by atoms with van der Waals surface area (Å²) in [4.78, 5) is 34.7. The van der Waals surface area contributed by atoms with Gasteiger partial charge in [0.2, 0.25) is 5.91 Å². The predicted octanol–water partition coefficient (Wildman–Crippen LogP) is 5.83. The zero-order chi connectivity index (χ0) is 25.9. The molecule has 1 aliphatic heterocycles. The Bertz CT molecular complexity index is 1450. The minimum Gasteiger partial charge on any atom is -0.368 e. The SMILES string of the molecule is CCC(=O)Nc1ccc(-c2cc(C(=O)N3CCN(c4cccc(C)c4C)CC3)c3ccccc3n2)cc1. The van der Waals surface area contributed by atoms with E-state index < -0.39 is 0 Å². The molecule has 1 aliphatic rings. The van der Waals surface area contributed by atoms with Crippen LogP contribution < -0.4 is 10.2 Å². The van der Waals surface area contributed by atoms with Crippen molar-refractivity contribution >= 4 is 34.1 Å². The highest BCUT2D eigenvalue weighted by atomic mass is 16.2. The van der Waals surface area contributed by atoms with Crippen LogP contribution in [0, 0.1) is 13.8 Å². The maximum Gasteiger partial charge on any atom is 0.254 e. The number of fused-ring (bicyclic) bond motifs is 1. The fourth-order valence-corrected chi connectivity index (χ4v) is 4.87. The first-order chi connectivity index (χ1) is 17.9. The first-order valence-electron chi connectivity index (χ1n) is 12.8. The van der Waals surface area contributed by atoms with E-state index in [-0.39, 0.29) is 11.8 Å². The molecule has 0 radical (unpaired) electrons. The quantitative estimate of drug-likeness (QED) is 0.381. The smallest absolute Gasteiger partial charge is 0.254 e. The molecule has 188 valence electrons. The Kier molecular flexibility index (Phi) is 6.91. The molecule has 1 saturated heterocycles. The fraction of sp³-hybridized carbons (Fsp3) is 0.258. The van der Waals surface area contributed by atoms with Crippen molar-refractivity contribution in [1.82, 2.24) is 9.88 Å². The van der Waals surface area contributed by atoms with Crippen LogP contribution in [0.2, 0.25) is 0 Å². The fourth-order valence-electron chi connectivity index (χ4n) is 4.87. The number of aryl methyl sites for hydroxylation is 1. The number of rotatable bonds is 5. The van der Waals surface area contributed by atoms with Gasteiger partial charge in [-0.05, 0) is 55.3 Å². The molecule has 1 aromatic heterocycles. The lowest BCUT2D eigenvalue weighted by Gasteiger charge is -2.37. The van der Waals surface area contributed by atoms with Crippen LogP contribution in [0.5, 0.6) is 0 Å². The summed E-state index contributed by atoms with van der Waals surface area (Å²) in [6.45, 7) is 9.07. The summed E-state index contributed by atoms with van der Waals surface area (Å²) >= 11 is 0. The van der Waals surface area contributed by atoms with Gasteiger partial charge < -0.3 is 15.1 Å². The molecule has 2 heterocycles. The number of nitrogens with zero attached hydrogens (tertiary/aromatic N) is 3. The van der Waals surface area contributed by atoms with Crippen LogP contribution in [0.3, 0.4) is 0 Å². The van der Waals surface area contributed by atoms with Gasteiger partial charge >= 0.3 is 0 Å². The number of nitrogens with one attached hydrogen (secondary N) is 1. The number of carbonyl (C=O) groups is 2. The summed E-state index contributed by atoms with van der Waals surface area (Å²) in [6.07, 6.45) is 0.429. The number of carbonyl (C=O) groups excluding carboxylic acids is 2. The average molecular weight is 493 g/mol. The minimum absolute atomic E-state index is 0.0258. The maximum absolute atomic E-state index is 13.8. The molecule has 4 aromatic rings. The van der Waals surface area contributed by atoms with Gasteiger partial charge in [-0.1, -0.05) is 49.4 Å². The van der Waals surface area contributed by atoms with Crippen molar-refractivity contribution in [2.24, 2.45) is 0 Å². The Morgan fingerprint density at radius 3 is 2.35 bits per heavy atom. The first-order valence-corrected chi connectivity index (χ1v) is 12.8. The molecule has 0 spiro atoms. The predicted molar refractivity (Wildman–Crippen MR) is 150 cm³/mol. The second-order valence-corrected chi connectivity index (χ2v) is 9.55. The van der Waals surface area contributed by atoms with Crippen LogP contribution in [0.25, 0.3) is 22.2 Å². The molecule has 0 saturated carbocycles. The Morgan fingerprint density at radius 2 is 1.62 bits per heavy atom. The summed E-state index contributed by atoms with van der Waals surface area (Å²) in [5.41, 5.74) is 7.68. The third kappa shape index (κ3) is 5.05. The number of para-hydroxylation sites is 1. The molecule has 0 bridgehead atoms. The van der Waals surface area contributed by atoms with E-state index in [9.17, 15) is 9.59 Å². The number of amides is 2. The van der Waals surface area contributed by atoms with Crippen LogP contribution in [-0.4, -0.2) is 47.9 Å². The molecule has 5 rings (SSSR count). The van der Waals surface area contributed by atoms with Crippen molar-refractivity contribution in [3.8, 4) is 11.3 Å². The normalized spacial score (nSPS) is 13.6. The molecule has 1 N–H and O–H groups in total. The zero-order valence-electron chi connectivity index (χ0n) is 21.6. The van der Waals surface area contributed by atoms with Crippen molar-refractivity contribution in [2.45, 2.75) is 27.2 Å². The Labute approximate surface area is 217 Å². The van der Waals surface area contributed by atoms with Gasteiger partial charge in [-0.15, -0.1) is 0 Å². The van der Waals surface area contributed by atoms with E-state index in [2.05, 4.69) is 42.3 Å². The Balaban J connectivity index is 1.40. The van der Waals surface area contributed by atoms with Crippen molar-refractivity contribution < 1.29 is 9.59 Å². The Hall–Kier alpha value is -4.19. The molecule has 0 aliphatic carbocycles. The van der Waals surface area contributed by atoms with Crippen molar-refractivity contribution in [2.75, 3.05) is 36.4 Å². The van der Waals surface area contributed by atoms with Gasteiger partial charge in [0.15, 0.2) is 0 Å². The lowest BCUT2D eigenvalue weighted by atomic mass is 10.0. The molecule has 2 amide bonds. The van der Waals surface area contributed by atoms with Crippen LogP contribution in [0.1, 0.15) is 34.8 Å². The lowest BCUT2D eigenvalue weighted by molar-refractivity contribution is -0.115. The summed E-state index contributed by atoms with van der Waals surface area (Å²) < 4.78 is 0. The number of aromatic nitrogens is 1. The molecule has 0 atom stereocenters. The third-order valence-corrected chi connectivity index (χ3v) is 7.22. The van der Waals surface area contributed by atoms with Gasteiger partial charge in [0.05, 0.1) is 16.8 Å². The van der Waals surface area contributed by atoms with Gasteiger partial charge in [0, 0.05) is 54.9 Å². The van der Waals surface area contributed by atoms with E-state index in [4.69, 9.17) is 4.98 Å². The number of piperazine rings is 1. The number of hydrogen-bond acceptors (Lipinski definition) is 4. The van der Waals surface area contributed by atoms with E-state index in [0.717, 1.165) is 40.9 Å². The second-order valence-electron chi connectivity index (χ2n) is 9.55. The van der Waals surface area contributed by atoms with Crippen molar-refractivity contribution in [3.05, 3.63) is 89.5 Å². The molecule has 0 unspecified atom stereocenters.